The number of fused-ring (bicyclic) bond motifs is 1. The highest BCUT2D eigenvalue weighted by molar-refractivity contribution is 7.99. The molecule has 4 heteroatoms. The number of aromatic amines is 1. The standard InChI is InChI=1S/C9H10N2OS/c1-12-7-4-3-6-8(9(7)13-2)11-5-10-6/h3-5H,1-2H3,(H,10,11). The van der Waals surface area contributed by atoms with Crippen LogP contribution in [0.5, 0.6) is 5.75 Å². The van der Waals surface area contributed by atoms with Crippen molar-refractivity contribution in [2.45, 2.75) is 4.90 Å². The van der Waals surface area contributed by atoms with E-state index in [0.29, 0.717) is 0 Å². The van der Waals surface area contributed by atoms with E-state index < -0.39 is 0 Å². The van der Waals surface area contributed by atoms with Gasteiger partial charge in [0, 0.05) is 0 Å². The predicted molar refractivity (Wildman–Crippen MR) is 54.4 cm³/mol. The summed E-state index contributed by atoms with van der Waals surface area (Å²) < 4.78 is 5.24. The first-order valence-corrected chi connectivity index (χ1v) is 5.13. The van der Waals surface area contributed by atoms with Gasteiger partial charge in [-0.05, 0) is 18.4 Å². The number of nitrogens with one attached hydrogen (secondary N) is 1. The molecule has 0 fully saturated rings. The van der Waals surface area contributed by atoms with Gasteiger partial charge < -0.3 is 9.72 Å². The molecule has 3 nitrogen and oxygen atoms in total. The Labute approximate surface area is 80.5 Å². The first-order chi connectivity index (χ1) is 6.36. The molecule has 68 valence electrons. The normalized spacial score (nSPS) is 10.6. The van der Waals surface area contributed by atoms with Crippen LogP contribution in [0.25, 0.3) is 11.0 Å². The molecule has 0 amide bonds. The van der Waals surface area contributed by atoms with Gasteiger partial charge in [0.2, 0.25) is 0 Å². The number of thioether (sulfide) groups is 1. The zero-order chi connectivity index (χ0) is 9.26. The molecule has 0 aliphatic rings. The van der Waals surface area contributed by atoms with Gasteiger partial charge in [0.15, 0.2) is 0 Å². The maximum Gasteiger partial charge on any atom is 0.134 e. The number of H-pyrrole nitrogens is 1. The molecular formula is C9H10N2OS. The second kappa shape index (κ2) is 3.30. The van der Waals surface area contributed by atoms with Crippen molar-refractivity contribution in [2.24, 2.45) is 0 Å². The summed E-state index contributed by atoms with van der Waals surface area (Å²) in [5, 5.41) is 0. The van der Waals surface area contributed by atoms with Gasteiger partial charge in [-0.2, -0.15) is 0 Å². The van der Waals surface area contributed by atoms with E-state index in [1.54, 1.807) is 25.2 Å². The molecule has 1 N–H and O–H groups in total. The van der Waals surface area contributed by atoms with E-state index in [-0.39, 0.29) is 0 Å². The van der Waals surface area contributed by atoms with Crippen LogP contribution in [-0.2, 0) is 0 Å². The number of hydrogen-bond acceptors (Lipinski definition) is 3. The smallest absolute Gasteiger partial charge is 0.134 e. The summed E-state index contributed by atoms with van der Waals surface area (Å²) in [5.74, 6) is 0.882. The van der Waals surface area contributed by atoms with Crippen molar-refractivity contribution < 1.29 is 4.74 Å². The van der Waals surface area contributed by atoms with E-state index in [0.717, 1.165) is 21.7 Å². The van der Waals surface area contributed by atoms with Crippen LogP contribution in [0.3, 0.4) is 0 Å². The Kier molecular flexibility index (Phi) is 2.14. The van der Waals surface area contributed by atoms with Gasteiger partial charge in [0.1, 0.15) is 11.3 Å². The van der Waals surface area contributed by atoms with Gasteiger partial charge in [-0.3, -0.25) is 0 Å². The molecule has 0 radical (unpaired) electrons. The second-order valence-electron chi connectivity index (χ2n) is 2.60. The highest BCUT2D eigenvalue weighted by Crippen LogP contribution is 2.33. The number of rotatable bonds is 2. The number of nitrogens with zero attached hydrogens (tertiary/aromatic N) is 1. The number of ether oxygens (including phenoxy) is 1. The van der Waals surface area contributed by atoms with Crippen molar-refractivity contribution >= 4 is 22.8 Å². The Balaban J connectivity index is 2.74. The second-order valence-corrected chi connectivity index (χ2v) is 3.42. The lowest BCUT2D eigenvalue weighted by Gasteiger charge is -2.05. The first-order valence-electron chi connectivity index (χ1n) is 3.91. The zero-order valence-electron chi connectivity index (χ0n) is 7.50. The minimum absolute atomic E-state index is 0.882. The molecule has 0 atom stereocenters. The summed E-state index contributed by atoms with van der Waals surface area (Å²) in [5.41, 5.74) is 2.03. The Morgan fingerprint density at radius 3 is 3.00 bits per heavy atom. The predicted octanol–water partition coefficient (Wildman–Crippen LogP) is 2.29. The van der Waals surface area contributed by atoms with Gasteiger partial charge >= 0.3 is 0 Å². The highest BCUT2D eigenvalue weighted by Gasteiger charge is 2.08. The lowest BCUT2D eigenvalue weighted by Crippen LogP contribution is -1.86. The number of imidazole rings is 1. The Morgan fingerprint density at radius 1 is 1.46 bits per heavy atom. The highest BCUT2D eigenvalue weighted by atomic mass is 32.2. The van der Waals surface area contributed by atoms with Crippen LogP contribution in [0.4, 0.5) is 0 Å². The Hall–Kier alpha value is -1.16. The van der Waals surface area contributed by atoms with Crippen molar-refractivity contribution in [2.75, 3.05) is 13.4 Å². The summed E-state index contributed by atoms with van der Waals surface area (Å²) in [6.45, 7) is 0. The fourth-order valence-corrected chi connectivity index (χ4v) is 2.03. The zero-order valence-corrected chi connectivity index (χ0v) is 8.31. The van der Waals surface area contributed by atoms with E-state index in [9.17, 15) is 0 Å². The number of benzene rings is 1. The monoisotopic (exact) mass is 194 g/mol. The van der Waals surface area contributed by atoms with E-state index in [1.807, 2.05) is 18.4 Å². The van der Waals surface area contributed by atoms with E-state index >= 15 is 0 Å². The van der Waals surface area contributed by atoms with Crippen LogP contribution in [0.2, 0.25) is 0 Å². The van der Waals surface area contributed by atoms with E-state index in [4.69, 9.17) is 4.74 Å². The number of hydrogen-bond donors (Lipinski definition) is 1. The van der Waals surface area contributed by atoms with Crippen LogP contribution >= 0.6 is 11.8 Å². The van der Waals surface area contributed by atoms with Crippen LogP contribution in [-0.4, -0.2) is 23.3 Å². The lowest BCUT2D eigenvalue weighted by atomic mass is 10.3. The summed E-state index contributed by atoms with van der Waals surface area (Å²) in [6.07, 6.45) is 3.72. The van der Waals surface area contributed by atoms with Crippen molar-refractivity contribution in [3.05, 3.63) is 18.5 Å². The molecule has 2 rings (SSSR count). The molecule has 0 spiro atoms. The summed E-state index contributed by atoms with van der Waals surface area (Å²) >= 11 is 1.65. The van der Waals surface area contributed by atoms with Gasteiger partial charge in [-0.1, -0.05) is 0 Å². The molecule has 0 aliphatic carbocycles. The van der Waals surface area contributed by atoms with Crippen molar-refractivity contribution in [3.63, 3.8) is 0 Å². The lowest BCUT2D eigenvalue weighted by molar-refractivity contribution is 0.406. The molecule has 0 saturated carbocycles. The summed E-state index contributed by atoms with van der Waals surface area (Å²) in [6, 6.07) is 3.92. The van der Waals surface area contributed by atoms with Gasteiger partial charge in [0.05, 0.1) is 23.8 Å². The van der Waals surface area contributed by atoms with Crippen LogP contribution in [0, 0.1) is 0 Å². The Bertz CT molecular complexity index is 424. The third-order valence-corrected chi connectivity index (χ3v) is 2.74. The van der Waals surface area contributed by atoms with Crippen molar-refractivity contribution in [3.8, 4) is 5.75 Å². The molecule has 1 heterocycles. The molecule has 1 aromatic heterocycles. The summed E-state index contributed by atoms with van der Waals surface area (Å²) in [7, 11) is 1.67. The van der Waals surface area contributed by atoms with Gasteiger partial charge in [-0.25, -0.2) is 4.98 Å². The number of methoxy groups -OCH3 is 1. The van der Waals surface area contributed by atoms with E-state index in [1.165, 1.54) is 0 Å². The molecule has 2 aromatic rings. The molecular weight excluding hydrogens is 184 g/mol. The van der Waals surface area contributed by atoms with Crippen LogP contribution in [0.1, 0.15) is 0 Å². The SMILES string of the molecule is COc1ccc2[nH]cnc2c1SC. The number of aromatic nitrogens is 2. The van der Waals surface area contributed by atoms with Crippen LogP contribution in [0.15, 0.2) is 23.4 Å². The fourth-order valence-electron chi connectivity index (χ4n) is 1.32. The quantitative estimate of drug-likeness (QED) is 0.745. The maximum atomic E-state index is 5.24. The molecule has 13 heavy (non-hydrogen) atoms. The third kappa shape index (κ3) is 1.27. The molecule has 0 saturated heterocycles. The summed E-state index contributed by atoms with van der Waals surface area (Å²) in [4.78, 5) is 8.39. The Morgan fingerprint density at radius 2 is 2.31 bits per heavy atom. The van der Waals surface area contributed by atoms with E-state index in [2.05, 4.69) is 9.97 Å². The average Bonchev–Trinajstić information content (AvgIpc) is 2.63. The molecule has 1 aromatic carbocycles. The minimum Gasteiger partial charge on any atom is -0.496 e. The average molecular weight is 194 g/mol. The fraction of sp³-hybridized carbons (Fsp3) is 0.222. The largest absolute Gasteiger partial charge is 0.496 e. The van der Waals surface area contributed by atoms with Crippen molar-refractivity contribution in [1.82, 2.24) is 9.97 Å². The third-order valence-electron chi connectivity index (χ3n) is 1.93. The molecule has 0 aliphatic heterocycles. The van der Waals surface area contributed by atoms with Gasteiger partial charge in [-0.15, -0.1) is 11.8 Å². The van der Waals surface area contributed by atoms with Crippen LogP contribution < -0.4 is 4.74 Å². The van der Waals surface area contributed by atoms with Crippen molar-refractivity contribution in [1.29, 1.82) is 0 Å². The minimum atomic E-state index is 0.882. The molecule has 0 unspecified atom stereocenters. The van der Waals surface area contributed by atoms with Gasteiger partial charge in [0.25, 0.3) is 0 Å². The molecule has 0 bridgehead atoms. The topological polar surface area (TPSA) is 37.9 Å². The first kappa shape index (κ1) is 8.44. The maximum absolute atomic E-state index is 5.24.